The van der Waals surface area contributed by atoms with Crippen LogP contribution in [-0.4, -0.2) is 18.9 Å². The molecule has 31 heavy (non-hydrogen) atoms. The molecule has 0 spiro atoms. The topological polar surface area (TPSA) is 61.8 Å². The Balaban J connectivity index is 1.47. The van der Waals surface area contributed by atoms with Gasteiger partial charge in [0.1, 0.15) is 18.1 Å². The van der Waals surface area contributed by atoms with E-state index in [4.69, 9.17) is 32.7 Å². The van der Waals surface area contributed by atoms with Crippen LogP contribution in [0.2, 0.25) is 10.0 Å². The summed E-state index contributed by atoms with van der Waals surface area (Å²) in [4.78, 5) is 24.1. The van der Waals surface area contributed by atoms with Crippen molar-refractivity contribution in [3.63, 3.8) is 0 Å². The highest BCUT2D eigenvalue weighted by Gasteiger charge is 2.28. The smallest absolute Gasteiger partial charge is 0.337 e. The second kappa shape index (κ2) is 8.84. The molecule has 0 saturated heterocycles. The van der Waals surface area contributed by atoms with E-state index in [1.165, 1.54) is 7.11 Å². The van der Waals surface area contributed by atoms with E-state index in [1.54, 1.807) is 66.7 Å². The first-order chi connectivity index (χ1) is 14.9. The van der Waals surface area contributed by atoms with Crippen LogP contribution >= 0.6 is 23.2 Å². The molecule has 1 aliphatic heterocycles. The fourth-order valence-electron chi connectivity index (χ4n) is 3.04. The number of carbonyl (C=O) groups excluding carboxylic acids is 2. The van der Waals surface area contributed by atoms with Gasteiger partial charge in [0.2, 0.25) is 5.78 Å². The van der Waals surface area contributed by atoms with E-state index in [2.05, 4.69) is 4.74 Å². The number of methoxy groups -OCH3 is 1. The predicted molar refractivity (Wildman–Crippen MR) is 118 cm³/mol. The maximum atomic E-state index is 12.6. The van der Waals surface area contributed by atoms with E-state index in [-0.39, 0.29) is 18.1 Å². The van der Waals surface area contributed by atoms with Gasteiger partial charge < -0.3 is 14.2 Å². The van der Waals surface area contributed by atoms with Crippen LogP contribution in [0.15, 0.2) is 66.4 Å². The molecular formula is C24H16Cl2O5. The first kappa shape index (κ1) is 21.0. The SMILES string of the molecule is COC(=O)c1ccc(COc2ccc3c(c2)O/C(=C\c2ccc(Cl)cc2Cl)C3=O)cc1. The molecule has 1 heterocycles. The van der Waals surface area contributed by atoms with E-state index in [9.17, 15) is 9.59 Å². The molecule has 0 aliphatic carbocycles. The number of carbonyl (C=O) groups is 2. The largest absolute Gasteiger partial charge is 0.489 e. The van der Waals surface area contributed by atoms with Gasteiger partial charge in [-0.2, -0.15) is 0 Å². The standard InChI is InChI=1S/C24H16Cl2O5/c1-29-24(28)15-4-2-14(3-5-15)13-30-18-8-9-19-21(12-18)31-22(23(19)27)10-16-6-7-17(25)11-20(16)26/h2-12H,13H2,1H3/b22-10-. The highest BCUT2D eigenvalue weighted by Crippen LogP contribution is 2.36. The van der Waals surface area contributed by atoms with Crippen molar-refractivity contribution < 1.29 is 23.8 Å². The molecule has 0 aromatic heterocycles. The molecule has 0 saturated carbocycles. The number of ether oxygens (including phenoxy) is 3. The Kier molecular flexibility index (Phi) is 5.98. The van der Waals surface area contributed by atoms with Gasteiger partial charge in [0.15, 0.2) is 5.76 Å². The Morgan fingerprint density at radius 3 is 2.52 bits per heavy atom. The van der Waals surface area contributed by atoms with Gasteiger partial charge in [-0.05, 0) is 53.6 Å². The molecule has 5 nitrogen and oxygen atoms in total. The van der Waals surface area contributed by atoms with Crippen LogP contribution in [0, 0.1) is 0 Å². The number of hydrogen-bond acceptors (Lipinski definition) is 5. The average Bonchev–Trinajstić information content (AvgIpc) is 3.08. The summed E-state index contributed by atoms with van der Waals surface area (Å²) in [6.45, 7) is 0.289. The number of allylic oxidation sites excluding steroid dienone is 1. The number of Topliss-reactive ketones (excluding diaryl/α,β-unsaturated/α-hetero) is 1. The molecule has 4 rings (SSSR count). The fraction of sp³-hybridized carbons (Fsp3) is 0.0833. The summed E-state index contributed by atoms with van der Waals surface area (Å²) in [5.74, 6) is 0.520. The monoisotopic (exact) mass is 454 g/mol. The lowest BCUT2D eigenvalue weighted by atomic mass is 10.1. The van der Waals surface area contributed by atoms with Gasteiger partial charge in [-0.3, -0.25) is 4.79 Å². The lowest BCUT2D eigenvalue weighted by Crippen LogP contribution is -2.02. The number of ketones is 1. The molecule has 7 heteroatoms. The van der Waals surface area contributed by atoms with Crippen LogP contribution in [-0.2, 0) is 11.3 Å². The Hall–Kier alpha value is -3.28. The van der Waals surface area contributed by atoms with Crippen LogP contribution in [0.5, 0.6) is 11.5 Å². The number of hydrogen-bond donors (Lipinski definition) is 0. The van der Waals surface area contributed by atoms with Crippen molar-refractivity contribution >= 4 is 41.0 Å². The molecule has 0 fully saturated rings. The van der Waals surface area contributed by atoms with E-state index in [0.717, 1.165) is 5.56 Å². The van der Waals surface area contributed by atoms with E-state index >= 15 is 0 Å². The minimum atomic E-state index is -0.392. The average molecular weight is 455 g/mol. The third kappa shape index (κ3) is 4.58. The van der Waals surface area contributed by atoms with E-state index < -0.39 is 5.97 Å². The number of rotatable bonds is 5. The molecule has 0 amide bonds. The van der Waals surface area contributed by atoms with Gasteiger partial charge in [-0.1, -0.05) is 41.4 Å². The van der Waals surface area contributed by atoms with E-state index in [1.807, 2.05) is 0 Å². The van der Waals surface area contributed by atoms with Crippen molar-refractivity contribution in [3.8, 4) is 11.5 Å². The molecule has 156 valence electrons. The molecule has 0 N–H and O–H groups in total. The maximum Gasteiger partial charge on any atom is 0.337 e. The summed E-state index contributed by atoms with van der Waals surface area (Å²) in [6, 6.07) is 17.0. The summed E-state index contributed by atoms with van der Waals surface area (Å²) >= 11 is 12.1. The number of benzene rings is 3. The fourth-order valence-corrected chi connectivity index (χ4v) is 3.50. The third-order valence-electron chi connectivity index (χ3n) is 4.67. The van der Waals surface area contributed by atoms with Crippen molar-refractivity contribution in [2.75, 3.05) is 7.11 Å². The van der Waals surface area contributed by atoms with Crippen LogP contribution in [0.25, 0.3) is 6.08 Å². The van der Waals surface area contributed by atoms with Crippen LogP contribution in [0.1, 0.15) is 31.8 Å². The quantitative estimate of drug-likeness (QED) is 0.350. The van der Waals surface area contributed by atoms with Crippen molar-refractivity contribution in [3.05, 3.63) is 98.7 Å². The predicted octanol–water partition coefficient (Wildman–Crippen LogP) is 5.98. The Morgan fingerprint density at radius 2 is 1.81 bits per heavy atom. The zero-order valence-corrected chi connectivity index (χ0v) is 17.9. The van der Waals surface area contributed by atoms with Gasteiger partial charge in [-0.25, -0.2) is 4.79 Å². The molecular weight excluding hydrogens is 439 g/mol. The van der Waals surface area contributed by atoms with Crippen molar-refractivity contribution in [1.29, 1.82) is 0 Å². The zero-order valence-electron chi connectivity index (χ0n) is 16.4. The van der Waals surface area contributed by atoms with Gasteiger partial charge in [-0.15, -0.1) is 0 Å². The summed E-state index contributed by atoms with van der Waals surface area (Å²) < 4.78 is 16.2. The lowest BCUT2D eigenvalue weighted by molar-refractivity contribution is 0.0600. The van der Waals surface area contributed by atoms with Gasteiger partial charge in [0.05, 0.1) is 18.2 Å². The van der Waals surface area contributed by atoms with Crippen molar-refractivity contribution in [2.45, 2.75) is 6.61 Å². The Labute approximate surface area is 188 Å². The van der Waals surface area contributed by atoms with Gasteiger partial charge in [0.25, 0.3) is 0 Å². The van der Waals surface area contributed by atoms with Crippen molar-refractivity contribution in [1.82, 2.24) is 0 Å². The Morgan fingerprint density at radius 1 is 1.03 bits per heavy atom. The van der Waals surface area contributed by atoms with Crippen molar-refractivity contribution in [2.24, 2.45) is 0 Å². The number of fused-ring (bicyclic) bond motifs is 1. The minimum absolute atomic E-state index is 0.176. The molecule has 1 aliphatic rings. The van der Waals surface area contributed by atoms with E-state index in [0.29, 0.717) is 38.2 Å². The molecule has 3 aromatic rings. The highest BCUT2D eigenvalue weighted by atomic mass is 35.5. The zero-order chi connectivity index (χ0) is 22.0. The maximum absolute atomic E-state index is 12.6. The van der Waals surface area contributed by atoms with Gasteiger partial charge >= 0.3 is 5.97 Å². The summed E-state index contributed by atoms with van der Waals surface area (Å²) in [5, 5.41) is 0.936. The minimum Gasteiger partial charge on any atom is -0.489 e. The first-order valence-electron chi connectivity index (χ1n) is 9.28. The lowest BCUT2D eigenvalue weighted by Gasteiger charge is -2.08. The summed E-state index contributed by atoms with van der Waals surface area (Å²) in [5.41, 5.74) is 2.43. The van der Waals surface area contributed by atoms with Crippen LogP contribution < -0.4 is 9.47 Å². The third-order valence-corrected chi connectivity index (χ3v) is 5.23. The van der Waals surface area contributed by atoms with Gasteiger partial charge in [0, 0.05) is 16.1 Å². The number of esters is 1. The second-order valence-corrected chi connectivity index (χ2v) is 7.58. The molecule has 0 unspecified atom stereocenters. The summed E-state index contributed by atoms with van der Waals surface area (Å²) in [7, 11) is 1.34. The van der Waals surface area contributed by atoms with Crippen LogP contribution in [0.3, 0.4) is 0 Å². The molecule has 0 bridgehead atoms. The highest BCUT2D eigenvalue weighted by molar-refractivity contribution is 6.35. The first-order valence-corrected chi connectivity index (χ1v) is 10.0. The summed E-state index contributed by atoms with van der Waals surface area (Å²) in [6.07, 6.45) is 1.59. The normalized spacial score (nSPS) is 13.6. The Bertz CT molecular complexity index is 1200. The molecule has 3 aromatic carbocycles. The molecule has 0 radical (unpaired) electrons. The second-order valence-electron chi connectivity index (χ2n) is 6.74. The van der Waals surface area contributed by atoms with Crippen LogP contribution in [0.4, 0.5) is 0 Å². The number of halogens is 2. The molecule has 0 atom stereocenters.